The largest absolute Gasteiger partial charge is 0.445 e. The van der Waals surface area contributed by atoms with Gasteiger partial charge in [-0.15, -0.1) is 5.10 Å². The lowest BCUT2D eigenvalue weighted by molar-refractivity contribution is 0.0786. The molecule has 0 aliphatic heterocycles. The van der Waals surface area contributed by atoms with Crippen LogP contribution in [-0.2, 0) is 30.5 Å². The number of anilines is 2. The van der Waals surface area contributed by atoms with Gasteiger partial charge in [-0.3, -0.25) is 4.79 Å². The first-order valence-electron chi connectivity index (χ1n) is 15.2. The normalized spacial score (nSPS) is 12.3. The van der Waals surface area contributed by atoms with E-state index in [9.17, 15) is 26.8 Å². The van der Waals surface area contributed by atoms with Crippen molar-refractivity contribution < 1.29 is 41.0 Å². The molecule has 0 bridgehead atoms. The van der Waals surface area contributed by atoms with E-state index in [1.165, 1.54) is 18.2 Å². The summed E-state index contributed by atoms with van der Waals surface area (Å²) in [5, 5.41) is 10.3. The standard InChI is InChI=1S/C33H39F2N5O7S/c1-6-46-13-14-47-33(42)40-30-10-8-25(48(43,44)26-17-23(34)16-24(35)18-26)19-28(30)31(38-40)37-32(41)27-9-7-22(11-12-39(3)4)15-29(27)36-21(2)20-45-5/h7-10,15-19,21,36H,6,11-14,20H2,1-5H3,(H,37,38,41)/t21-/m1/s1. The fourth-order valence-electron chi connectivity index (χ4n) is 4.86. The summed E-state index contributed by atoms with van der Waals surface area (Å²) in [6.07, 6.45) is -0.168. The third kappa shape index (κ3) is 8.92. The number of rotatable bonds is 15. The highest BCUT2D eigenvalue weighted by atomic mass is 32.2. The number of amides is 1. The van der Waals surface area contributed by atoms with Crippen LogP contribution in [-0.4, -0.2) is 95.3 Å². The molecular weight excluding hydrogens is 648 g/mol. The van der Waals surface area contributed by atoms with Crippen LogP contribution in [0.4, 0.5) is 25.1 Å². The predicted molar refractivity (Wildman–Crippen MR) is 176 cm³/mol. The molecule has 0 fully saturated rings. The number of hydrogen-bond donors (Lipinski definition) is 2. The maximum atomic E-state index is 14.0. The smallest absolute Gasteiger partial charge is 0.435 e. The molecule has 258 valence electrons. The minimum Gasteiger partial charge on any atom is -0.445 e. The third-order valence-electron chi connectivity index (χ3n) is 7.17. The fraction of sp³-hybridized carbons (Fsp3) is 0.364. The molecule has 15 heteroatoms. The van der Waals surface area contributed by atoms with Crippen LogP contribution in [0.3, 0.4) is 0 Å². The number of carbonyl (C=O) groups is 2. The molecule has 0 aliphatic rings. The summed E-state index contributed by atoms with van der Waals surface area (Å²) >= 11 is 0. The van der Waals surface area contributed by atoms with Crippen molar-refractivity contribution in [1.29, 1.82) is 0 Å². The first kappa shape index (κ1) is 36.4. The number of aromatic nitrogens is 2. The number of methoxy groups -OCH3 is 1. The molecule has 1 aromatic heterocycles. The van der Waals surface area contributed by atoms with E-state index in [1.54, 1.807) is 20.1 Å². The Bertz CT molecular complexity index is 1860. The fourth-order valence-corrected chi connectivity index (χ4v) is 6.19. The van der Waals surface area contributed by atoms with Gasteiger partial charge in [0.15, 0.2) is 5.82 Å². The van der Waals surface area contributed by atoms with E-state index in [-0.39, 0.29) is 46.4 Å². The lowest BCUT2D eigenvalue weighted by Gasteiger charge is -2.19. The molecule has 12 nitrogen and oxygen atoms in total. The lowest BCUT2D eigenvalue weighted by Crippen LogP contribution is -2.24. The van der Waals surface area contributed by atoms with Crippen molar-refractivity contribution in [2.45, 2.75) is 36.1 Å². The SMILES string of the molecule is CCOCCOC(=O)n1nc(NC(=O)c2ccc(CCN(C)C)cc2N[C@H](C)COC)c2cc(S(=O)(=O)c3cc(F)cc(F)c3)ccc21. The number of halogens is 2. The second-order valence-electron chi connectivity index (χ2n) is 11.2. The Morgan fingerprint density at radius 3 is 2.40 bits per heavy atom. The van der Waals surface area contributed by atoms with Crippen molar-refractivity contribution in [3.05, 3.63) is 77.4 Å². The number of nitrogens with zero attached hydrogens (tertiary/aromatic N) is 3. The number of likely N-dealkylation sites (N-methyl/N-ethyl adjacent to an activating group) is 1. The zero-order chi connectivity index (χ0) is 35.0. The first-order valence-corrected chi connectivity index (χ1v) is 16.7. The van der Waals surface area contributed by atoms with Gasteiger partial charge >= 0.3 is 6.09 Å². The average Bonchev–Trinajstić information content (AvgIpc) is 3.39. The molecule has 4 aromatic rings. The molecule has 0 aliphatic carbocycles. The molecule has 4 rings (SSSR count). The van der Waals surface area contributed by atoms with Gasteiger partial charge in [0.05, 0.1) is 34.1 Å². The molecule has 3 aromatic carbocycles. The highest BCUT2D eigenvalue weighted by Crippen LogP contribution is 2.31. The Kier molecular flexibility index (Phi) is 12.2. The van der Waals surface area contributed by atoms with Gasteiger partial charge in [0.1, 0.15) is 18.2 Å². The number of fused-ring (bicyclic) bond motifs is 1. The average molecular weight is 688 g/mol. The molecule has 1 amide bonds. The monoisotopic (exact) mass is 687 g/mol. The van der Waals surface area contributed by atoms with E-state index >= 15 is 0 Å². The summed E-state index contributed by atoms with van der Waals surface area (Å²) in [5.74, 6) is -2.88. The van der Waals surface area contributed by atoms with Crippen LogP contribution in [0.5, 0.6) is 0 Å². The molecule has 2 N–H and O–H groups in total. The molecule has 1 atom stereocenters. The maximum absolute atomic E-state index is 14.0. The molecular formula is C33H39F2N5O7S. The zero-order valence-corrected chi connectivity index (χ0v) is 28.2. The van der Waals surface area contributed by atoms with Gasteiger partial charge < -0.3 is 29.7 Å². The Morgan fingerprint density at radius 2 is 1.73 bits per heavy atom. The van der Waals surface area contributed by atoms with Gasteiger partial charge in [0, 0.05) is 43.4 Å². The summed E-state index contributed by atoms with van der Waals surface area (Å²) in [6, 6.07) is 10.8. The quantitative estimate of drug-likeness (QED) is 0.165. The van der Waals surface area contributed by atoms with Crippen LogP contribution < -0.4 is 10.6 Å². The van der Waals surface area contributed by atoms with E-state index in [4.69, 9.17) is 14.2 Å². The summed E-state index contributed by atoms with van der Waals surface area (Å²) < 4.78 is 71.4. The van der Waals surface area contributed by atoms with Crippen LogP contribution in [0, 0.1) is 11.6 Å². The van der Waals surface area contributed by atoms with Gasteiger partial charge in [-0.2, -0.15) is 4.68 Å². The number of benzene rings is 3. The third-order valence-corrected chi connectivity index (χ3v) is 8.90. The number of carbonyl (C=O) groups excluding carboxylic acids is 2. The van der Waals surface area contributed by atoms with Crippen molar-refractivity contribution >= 4 is 44.2 Å². The number of hydrogen-bond acceptors (Lipinski definition) is 10. The topological polar surface area (TPSA) is 141 Å². The van der Waals surface area contributed by atoms with E-state index in [0.717, 1.165) is 23.2 Å². The highest BCUT2D eigenvalue weighted by molar-refractivity contribution is 7.91. The molecule has 1 heterocycles. The van der Waals surface area contributed by atoms with Crippen LogP contribution in [0.2, 0.25) is 0 Å². The second kappa shape index (κ2) is 16.1. The van der Waals surface area contributed by atoms with Crippen LogP contribution in [0.1, 0.15) is 29.8 Å². The predicted octanol–water partition coefficient (Wildman–Crippen LogP) is 4.97. The van der Waals surface area contributed by atoms with Crippen LogP contribution >= 0.6 is 0 Å². The van der Waals surface area contributed by atoms with Crippen molar-refractivity contribution in [3.63, 3.8) is 0 Å². The summed E-state index contributed by atoms with van der Waals surface area (Å²) in [7, 11) is 1.07. The molecule has 0 unspecified atom stereocenters. The minimum absolute atomic E-state index is 0.0629. The van der Waals surface area contributed by atoms with Gasteiger partial charge in [0.2, 0.25) is 9.84 Å². The van der Waals surface area contributed by atoms with Crippen molar-refractivity contribution in [2.75, 3.05) is 64.8 Å². The minimum atomic E-state index is -4.43. The van der Waals surface area contributed by atoms with Crippen LogP contribution in [0.25, 0.3) is 10.9 Å². The van der Waals surface area contributed by atoms with Gasteiger partial charge in [0.25, 0.3) is 5.91 Å². The van der Waals surface area contributed by atoms with Crippen molar-refractivity contribution in [3.8, 4) is 0 Å². The van der Waals surface area contributed by atoms with Crippen molar-refractivity contribution in [2.24, 2.45) is 0 Å². The van der Waals surface area contributed by atoms with Gasteiger partial charge in [-0.1, -0.05) is 6.07 Å². The Balaban J connectivity index is 1.77. The molecule has 0 saturated carbocycles. The van der Waals surface area contributed by atoms with E-state index in [2.05, 4.69) is 15.7 Å². The maximum Gasteiger partial charge on any atom is 0.435 e. The van der Waals surface area contributed by atoms with E-state index < -0.39 is 38.4 Å². The van der Waals surface area contributed by atoms with Crippen LogP contribution in [0.15, 0.2) is 64.4 Å². The molecule has 0 radical (unpaired) electrons. The Morgan fingerprint density at radius 1 is 1.00 bits per heavy atom. The van der Waals surface area contributed by atoms with Crippen molar-refractivity contribution in [1.82, 2.24) is 14.7 Å². The second-order valence-corrected chi connectivity index (χ2v) is 13.2. The Hall–Kier alpha value is -4.44. The van der Waals surface area contributed by atoms with Gasteiger partial charge in [-0.25, -0.2) is 22.0 Å². The first-order chi connectivity index (χ1) is 22.8. The number of sulfone groups is 1. The summed E-state index contributed by atoms with van der Waals surface area (Å²) in [4.78, 5) is 27.9. The lowest BCUT2D eigenvalue weighted by atomic mass is 10.0. The summed E-state index contributed by atoms with van der Waals surface area (Å²) in [5.41, 5.74) is 1.89. The van der Waals surface area contributed by atoms with E-state index in [0.29, 0.717) is 37.1 Å². The number of nitrogens with one attached hydrogen (secondary N) is 2. The zero-order valence-electron chi connectivity index (χ0n) is 27.4. The summed E-state index contributed by atoms with van der Waals surface area (Å²) in [6.45, 7) is 5.32. The molecule has 48 heavy (non-hydrogen) atoms. The Labute approximate surface area is 277 Å². The van der Waals surface area contributed by atoms with Gasteiger partial charge in [-0.05, 0) is 82.4 Å². The van der Waals surface area contributed by atoms with E-state index in [1.807, 2.05) is 38.1 Å². The molecule has 0 saturated heterocycles. The number of ether oxygens (including phenoxy) is 3. The molecule has 0 spiro atoms. The highest BCUT2D eigenvalue weighted by Gasteiger charge is 2.25.